The Morgan fingerprint density at radius 1 is 1.17 bits per heavy atom. The highest BCUT2D eigenvalue weighted by Crippen LogP contribution is 2.57. The second kappa shape index (κ2) is 6.70. The van der Waals surface area contributed by atoms with Crippen LogP contribution in [0.25, 0.3) is 0 Å². The first kappa shape index (κ1) is 18.9. The molecule has 3 heterocycles. The highest BCUT2D eigenvalue weighted by atomic mass is 16.6. The number of aliphatic hydroxyl groups is 1. The van der Waals surface area contributed by atoms with Crippen LogP contribution in [-0.2, 0) is 23.8 Å². The average molecular weight is 412 g/mol. The molecule has 7 atom stereocenters. The van der Waals surface area contributed by atoms with Crippen LogP contribution in [0.1, 0.15) is 35.4 Å². The first-order chi connectivity index (χ1) is 14.4. The lowest BCUT2D eigenvalue weighted by molar-refractivity contribution is -0.210. The fourth-order valence-electron chi connectivity index (χ4n) is 5.03. The van der Waals surface area contributed by atoms with Crippen molar-refractivity contribution in [1.82, 2.24) is 0 Å². The van der Waals surface area contributed by atoms with E-state index >= 15 is 0 Å². The van der Waals surface area contributed by atoms with Gasteiger partial charge in [-0.05, 0) is 25.1 Å². The predicted octanol–water partition coefficient (Wildman–Crippen LogP) is 2.03. The van der Waals surface area contributed by atoms with Crippen molar-refractivity contribution in [3.05, 3.63) is 60.1 Å². The molecule has 8 nitrogen and oxygen atoms in total. The van der Waals surface area contributed by atoms with Crippen molar-refractivity contribution in [3.8, 4) is 0 Å². The molecule has 1 aromatic carbocycles. The normalized spacial score (nSPS) is 37.1. The third-order valence-corrected chi connectivity index (χ3v) is 6.51. The number of benzene rings is 1. The van der Waals surface area contributed by atoms with Gasteiger partial charge in [0, 0.05) is 17.9 Å². The fraction of sp³-hybridized carbons (Fsp3) is 0.409. The lowest BCUT2D eigenvalue weighted by atomic mass is 9.58. The van der Waals surface area contributed by atoms with E-state index in [2.05, 4.69) is 0 Å². The van der Waals surface area contributed by atoms with Crippen LogP contribution in [0.2, 0.25) is 0 Å². The Balaban J connectivity index is 1.59. The van der Waals surface area contributed by atoms with Crippen LogP contribution in [0.5, 0.6) is 0 Å². The molecular formula is C22H20O8. The molecule has 2 aromatic rings. The number of ether oxygens (including phenoxy) is 3. The van der Waals surface area contributed by atoms with Crippen molar-refractivity contribution in [2.45, 2.75) is 37.8 Å². The second-order valence-corrected chi connectivity index (χ2v) is 8.26. The van der Waals surface area contributed by atoms with Gasteiger partial charge in [0.1, 0.15) is 18.3 Å². The van der Waals surface area contributed by atoms with Crippen molar-refractivity contribution < 1.29 is 38.1 Å². The number of esters is 3. The van der Waals surface area contributed by atoms with Crippen molar-refractivity contribution in [2.24, 2.45) is 17.3 Å². The molecule has 0 radical (unpaired) electrons. The maximum atomic E-state index is 12.9. The predicted molar refractivity (Wildman–Crippen MR) is 98.8 cm³/mol. The van der Waals surface area contributed by atoms with E-state index in [0.717, 1.165) is 0 Å². The van der Waals surface area contributed by atoms with Gasteiger partial charge in [0.25, 0.3) is 0 Å². The Bertz CT molecular complexity index is 984. The molecule has 0 spiro atoms. The van der Waals surface area contributed by atoms with E-state index < -0.39 is 59.6 Å². The Morgan fingerprint density at radius 3 is 2.63 bits per heavy atom. The molecule has 1 N–H and O–H groups in total. The molecule has 156 valence electrons. The maximum absolute atomic E-state index is 12.9. The number of furan rings is 1. The summed E-state index contributed by atoms with van der Waals surface area (Å²) in [7, 11) is 0. The van der Waals surface area contributed by atoms with Gasteiger partial charge in [-0.2, -0.15) is 0 Å². The molecule has 0 amide bonds. The van der Waals surface area contributed by atoms with Gasteiger partial charge < -0.3 is 23.7 Å². The maximum Gasteiger partial charge on any atom is 0.338 e. The van der Waals surface area contributed by atoms with Crippen LogP contribution in [0.15, 0.2) is 53.3 Å². The number of fused-ring (bicyclic) bond motifs is 4. The molecule has 1 aliphatic carbocycles. The average Bonchev–Trinajstić information content (AvgIpc) is 3.36. The number of hydrogen-bond donors (Lipinski definition) is 1. The van der Waals surface area contributed by atoms with Gasteiger partial charge in [0.15, 0.2) is 6.10 Å². The zero-order valence-corrected chi connectivity index (χ0v) is 16.1. The van der Waals surface area contributed by atoms with E-state index in [0.29, 0.717) is 11.1 Å². The van der Waals surface area contributed by atoms with Crippen LogP contribution in [0.4, 0.5) is 0 Å². The van der Waals surface area contributed by atoms with Gasteiger partial charge >= 0.3 is 17.9 Å². The quantitative estimate of drug-likeness (QED) is 0.602. The summed E-state index contributed by atoms with van der Waals surface area (Å²) in [4.78, 5) is 38.5. The lowest BCUT2D eigenvalue weighted by Gasteiger charge is -2.49. The number of cyclic esters (lactones) is 1. The van der Waals surface area contributed by atoms with E-state index in [-0.39, 0.29) is 6.42 Å². The minimum absolute atomic E-state index is 0.235. The molecule has 3 aliphatic rings. The van der Waals surface area contributed by atoms with Crippen molar-refractivity contribution in [1.29, 1.82) is 0 Å². The Kier molecular flexibility index (Phi) is 4.21. The van der Waals surface area contributed by atoms with E-state index in [9.17, 15) is 19.5 Å². The largest absolute Gasteiger partial charge is 0.472 e. The number of hydrogen-bond acceptors (Lipinski definition) is 8. The van der Waals surface area contributed by atoms with Crippen molar-refractivity contribution in [3.63, 3.8) is 0 Å². The summed E-state index contributed by atoms with van der Waals surface area (Å²) in [5, 5.41) is 10.7. The van der Waals surface area contributed by atoms with Crippen molar-refractivity contribution >= 4 is 17.9 Å². The molecule has 2 bridgehead atoms. The molecule has 3 fully saturated rings. The minimum Gasteiger partial charge on any atom is -0.472 e. The zero-order chi connectivity index (χ0) is 21.0. The van der Waals surface area contributed by atoms with Gasteiger partial charge in [-0.1, -0.05) is 18.2 Å². The molecule has 30 heavy (non-hydrogen) atoms. The van der Waals surface area contributed by atoms with Crippen molar-refractivity contribution in [2.75, 3.05) is 0 Å². The molecular weight excluding hydrogens is 392 g/mol. The number of aliphatic hydroxyl groups excluding tert-OH is 1. The summed E-state index contributed by atoms with van der Waals surface area (Å²) in [6.45, 7) is 1.69. The molecule has 8 heteroatoms. The van der Waals surface area contributed by atoms with Gasteiger partial charge in [0.05, 0.1) is 29.4 Å². The highest BCUT2D eigenvalue weighted by molar-refractivity contribution is 5.90. The summed E-state index contributed by atoms with van der Waals surface area (Å²) < 4.78 is 22.0. The van der Waals surface area contributed by atoms with E-state index in [4.69, 9.17) is 18.6 Å². The lowest BCUT2D eigenvalue weighted by Crippen LogP contribution is -2.60. The molecule has 2 aliphatic heterocycles. The topological polar surface area (TPSA) is 112 Å². The molecule has 5 rings (SSSR count). The van der Waals surface area contributed by atoms with Crippen LogP contribution >= 0.6 is 0 Å². The number of carbonyl (C=O) groups is 3. The van der Waals surface area contributed by atoms with E-state index in [1.54, 1.807) is 43.3 Å². The molecule has 1 saturated carbocycles. The van der Waals surface area contributed by atoms with Crippen LogP contribution in [-0.4, -0.2) is 41.3 Å². The number of rotatable bonds is 3. The second-order valence-electron chi connectivity index (χ2n) is 8.26. The molecule has 1 aromatic heterocycles. The van der Waals surface area contributed by atoms with Gasteiger partial charge in [-0.3, -0.25) is 9.59 Å². The summed E-state index contributed by atoms with van der Waals surface area (Å²) >= 11 is 0. The highest BCUT2D eigenvalue weighted by Gasteiger charge is 2.69. The summed E-state index contributed by atoms with van der Waals surface area (Å²) in [6.07, 6.45) is -0.943. The smallest absolute Gasteiger partial charge is 0.338 e. The Morgan fingerprint density at radius 2 is 1.93 bits per heavy atom. The Labute approximate surface area is 171 Å². The SMILES string of the molecule is C[C@@]12C[C@@H](OC1=O)[C@H](O)[C@@H]1C(=O)O[C@H](c3ccoc3)[C@@H](OC(=O)c3ccccc3)[C@H]12. The summed E-state index contributed by atoms with van der Waals surface area (Å²) in [5.41, 5.74) is -0.276. The first-order valence-electron chi connectivity index (χ1n) is 9.78. The summed E-state index contributed by atoms with van der Waals surface area (Å²) in [6, 6.07) is 10.0. The van der Waals surface area contributed by atoms with Gasteiger partial charge in [-0.25, -0.2) is 4.79 Å². The Hall–Kier alpha value is -3.13. The third kappa shape index (κ3) is 2.67. The standard InChI is InChI=1S/C22H20O8/c1-22-9-13(28-21(22)26)16(23)14-15(22)18(30-19(24)11-5-3-2-4-6-11)17(29-20(14)25)12-7-8-27-10-12/h2-8,10,13-18,23H,9H2,1H3/t13-,14-,15+,16+,17-,18+,22+/m1/s1. The molecule has 0 unspecified atom stereocenters. The number of carbonyl (C=O) groups excluding carboxylic acids is 3. The van der Waals surface area contributed by atoms with Crippen LogP contribution in [0, 0.1) is 17.3 Å². The third-order valence-electron chi connectivity index (χ3n) is 6.51. The molecule has 2 saturated heterocycles. The monoisotopic (exact) mass is 412 g/mol. The van der Waals surface area contributed by atoms with E-state index in [1.807, 2.05) is 0 Å². The summed E-state index contributed by atoms with van der Waals surface area (Å²) in [5.74, 6) is -3.64. The fourth-order valence-corrected chi connectivity index (χ4v) is 5.03. The van der Waals surface area contributed by atoms with Crippen LogP contribution in [0.3, 0.4) is 0 Å². The van der Waals surface area contributed by atoms with E-state index in [1.165, 1.54) is 12.5 Å². The van der Waals surface area contributed by atoms with Gasteiger partial charge in [0.2, 0.25) is 0 Å². The first-order valence-corrected chi connectivity index (χ1v) is 9.78. The van der Waals surface area contributed by atoms with Crippen LogP contribution < -0.4 is 0 Å². The minimum atomic E-state index is -1.23. The zero-order valence-electron chi connectivity index (χ0n) is 16.1. The van der Waals surface area contributed by atoms with Gasteiger partial charge in [-0.15, -0.1) is 0 Å².